The average Bonchev–Trinajstić information content (AvgIpc) is 2.43. The van der Waals surface area contributed by atoms with E-state index in [1.807, 2.05) is 6.07 Å². The number of hydrogen-bond donors (Lipinski definition) is 1. The first kappa shape index (κ1) is 9.62. The zero-order valence-electron chi connectivity index (χ0n) is 7.26. The molecule has 3 nitrogen and oxygen atoms in total. The summed E-state index contributed by atoms with van der Waals surface area (Å²) >= 11 is 11.4. The van der Waals surface area contributed by atoms with Crippen molar-refractivity contribution in [3.8, 4) is 0 Å². The van der Waals surface area contributed by atoms with E-state index < -0.39 is 0 Å². The molecule has 1 N–H and O–H groups in total. The Kier molecular flexibility index (Phi) is 2.52. The summed E-state index contributed by atoms with van der Waals surface area (Å²) in [6, 6.07) is 5.28. The van der Waals surface area contributed by atoms with Crippen molar-refractivity contribution in [2.24, 2.45) is 0 Å². The zero-order valence-corrected chi connectivity index (χ0v) is 8.77. The summed E-state index contributed by atoms with van der Waals surface area (Å²) < 4.78 is 1.60. The standard InChI is InChI=1S/C9H8Cl2N2O/c10-3-4-13-8-2-1-6(11)5-7(8)12-9(13)14/h1-2,5H,3-4H2,(H,12,14). The molecular weight excluding hydrogens is 223 g/mol. The van der Waals surface area contributed by atoms with Crippen LogP contribution in [0.5, 0.6) is 0 Å². The van der Waals surface area contributed by atoms with Crippen molar-refractivity contribution < 1.29 is 0 Å². The smallest absolute Gasteiger partial charge is 0.305 e. The minimum atomic E-state index is -0.150. The fourth-order valence-electron chi connectivity index (χ4n) is 1.44. The molecule has 0 aliphatic carbocycles. The molecular formula is C9H8Cl2N2O. The highest BCUT2D eigenvalue weighted by atomic mass is 35.5. The number of nitrogens with one attached hydrogen (secondary N) is 1. The number of H-pyrrole nitrogens is 1. The van der Waals surface area contributed by atoms with E-state index in [1.54, 1.807) is 16.7 Å². The number of nitrogens with zero attached hydrogens (tertiary/aromatic N) is 1. The van der Waals surface area contributed by atoms with Crippen LogP contribution >= 0.6 is 23.2 Å². The Balaban J connectivity index is 2.71. The Hall–Kier alpha value is -0.930. The molecule has 0 aliphatic heterocycles. The van der Waals surface area contributed by atoms with Gasteiger partial charge < -0.3 is 4.98 Å². The molecule has 1 heterocycles. The van der Waals surface area contributed by atoms with E-state index in [2.05, 4.69) is 4.98 Å². The maximum atomic E-state index is 11.4. The van der Waals surface area contributed by atoms with Crippen molar-refractivity contribution in [2.75, 3.05) is 5.88 Å². The van der Waals surface area contributed by atoms with Crippen molar-refractivity contribution in [1.29, 1.82) is 0 Å². The number of aromatic amines is 1. The summed E-state index contributed by atoms with van der Waals surface area (Å²) in [6.45, 7) is 0.502. The van der Waals surface area contributed by atoms with Gasteiger partial charge in [0.25, 0.3) is 0 Å². The predicted molar refractivity (Wildman–Crippen MR) is 58.3 cm³/mol. The minimum Gasteiger partial charge on any atom is -0.305 e. The molecule has 2 rings (SSSR count). The largest absolute Gasteiger partial charge is 0.326 e. The first-order valence-electron chi connectivity index (χ1n) is 4.16. The maximum Gasteiger partial charge on any atom is 0.326 e. The van der Waals surface area contributed by atoms with E-state index in [0.29, 0.717) is 17.4 Å². The summed E-state index contributed by atoms with van der Waals surface area (Å²) in [5, 5.41) is 0.608. The number of imidazole rings is 1. The zero-order chi connectivity index (χ0) is 10.1. The van der Waals surface area contributed by atoms with Gasteiger partial charge in [0.15, 0.2) is 0 Å². The summed E-state index contributed by atoms with van der Waals surface area (Å²) in [5.74, 6) is 0.412. The Morgan fingerprint density at radius 3 is 2.93 bits per heavy atom. The minimum absolute atomic E-state index is 0.150. The van der Waals surface area contributed by atoms with Gasteiger partial charge in [-0.2, -0.15) is 0 Å². The van der Waals surface area contributed by atoms with E-state index in [0.717, 1.165) is 11.0 Å². The monoisotopic (exact) mass is 230 g/mol. The Bertz CT molecular complexity index is 515. The van der Waals surface area contributed by atoms with Crippen molar-refractivity contribution in [1.82, 2.24) is 9.55 Å². The van der Waals surface area contributed by atoms with Gasteiger partial charge in [0.1, 0.15) is 0 Å². The van der Waals surface area contributed by atoms with E-state index in [1.165, 1.54) is 0 Å². The number of aryl methyl sites for hydroxylation is 1. The van der Waals surface area contributed by atoms with Gasteiger partial charge in [0, 0.05) is 17.4 Å². The normalized spacial score (nSPS) is 11.0. The van der Waals surface area contributed by atoms with Crippen molar-refractivity contribution >= 4 is 34.2 Å². The molecule has 1 aromatic heterocycles. The SMILES string of the molecule is O=c1[nH]c2cc(Cl)ccc2n1CCCl. The van der Waals surface area contributed by atoms with E-state index in [-0.39, 0.29) is 5.69 Å². The summed E-state index contributed by atoms with van der Waals surface area (Å²) in [5.41, 5.74) is 1.43. The van der Waals surface area contributed by atoms with Crippen molar-refractivity contribution in [2.45, 2.75) is 6.54 Å². The van der Waals surface area contributed by atoms with E-state index in [9.17, 15) is 4.79 Å². The Morgan fingerprint density at radius 1 is 1.43 bits per heavy atom. The second-order valence-electron chi connectivity index (χ2n) is 2.93. The van der Waals surface area contributed by atoms with Gasteiger partial charge in [0.2, 0.25) is 0 Å². The number of alkyl halides is 1. The average molecular weight is 231 g/mol. The third kappa shape index (κ3) is 1.53. The van der Waals surface area contributed by atoms with Gasteiger partial charge in [-0.3, -0.25) is 4.57 Å². The highest BCUT2D eigenvalue weighted by molar-refractivity contribution is 6.31. The van der Waals surface area contributed by atoms with Crippen LogP contribution in [-0.2, 0) is 6.54 Å². The van der Waals surface area contributed by atoms with Crippen LogP contribution in [0.15, 0.2) is 23.0 Å². The number of halogens is 2. The molecule has 74 valence electrons. The van der Waals surface area contributed by atoms with Gasteiger partial charge >= 0.3 is 5.69 Å². The van der Waals surface area contributed by atoms with Crippen LogP contribution in [-0.4, -0.2) is 15.4 Å². The van der Waals surface area contributed by atoms with Crippen LogP contribution in [0, 0.1) is 0 Å². The number of hydrogen-bond acceptors (Lipinski definition) is 1. The predicted octanol–water partition coefficient (Wildman–Crippen LogP) is 2.22. The molecule has 0 saturated carbocycles. The lowest BCUT2D eigenvalue weighted by Crippen LogP contribution is -2.17. The molecule has 0 aliphatic rings. The lowest BCUT2D eigenvalue weighted by molar-refractivity contribution is 0.759. The van der Waals surface area contributed by atoms with Crippen LogP contribution in [0.25, 0.3) is 11.0 Å². The van der Waals surface area contributed by atoms with Crippen LogP contribution in [0.1, 0.15) is 0 Å². The quantitative estimate of drug-likeness (QED) is 0.790. The molecule has 0 bridgehead atoms. The summed E-state index contributed by atoms with van der Waals surface area (Å²) in [7, 11) is 0. The fraction of sp³-hybridized carbons (Fsp3) is 0.222. The third-order valence-electron chi connectivity index (χ3n) is 2.04. The molecule has 0 amide bonds. The number of aromatic nitrogens is 2. The molecule has 0 spiro atoms. The molecule has 0 unspecified atom stereocenters. The van der Waals surface area contributed by atoms with Crippen LogP contribution < -0.4 is 5.69 Å². The molecule has 0 saturated heterocycles. The topological polar surface area (TPSA) is 37.8 Å². The highest BCUT2D eigenvalue weighted by Gasteiger charge is 2.05. The number of benzene rings is 1. The summed E-state index contributed by atoms with van der Waals surface area (Å²) in [6.07, 6.45) is 0. The van der Waals surface area contributed by atoms with Gasteiger partial charge in [-0.15, -0.1) is 11.6 Å². The first-order chi connectivity index (χ1) is 6.72. The van der Waals surface area contributed by atoms with Gasteiger partial charge in [-0.25, -0.2) is 4.79 Å². The molecule has 5 heteroatoms. The number of fused-ring (bicyclic) bond motifs is 1. The Labute approximate surface area is 90.2 Å². The second kappa shape index (κ2) is 3.67. The van der Waals surface area contributed by atoms with Gasteiger partial charge in [0.05, 0.1) is 11.0 Å². The van der Waals surface area contributed by atoms with Crippen molar-refractivity contribution in [3.05, 3.63) is 33.7 Å². The van der Waals surface area contributed by atoms with Crippen LogP contribution in [0.2, 0.25) is 5.02 Å². The first-order valence-corrected chi connectivity index (χ1v) is 5.07. The third-order valence-corrected chi connectivity index (χ3v) is 2.45. The summed E-state index contributed by atoms with van der Waals surface area (Å²) in [4.78, 5) is 14.2. The molecule has 0 fully saturated rings. The second-order valence-corrected chi connectivity index (χ2v) is 3.75. The molecule has 0 atom stereocenters. The van der Waals surface area contributed by atoms with E-state index in [4.69, 9.17) is 23.2 Å². The fourth-order valence-corrected chi connectivity index (χ4v) is 1.78. The lowest BCUT2D eigenvalue weighted by atomic mass is 10.3. The van der Waals surface area contributed by atoms with Crippen LogP contribution in [0.4, 0.5) is 0 Å². The van der Waals surface area contributed by atoms with Crippen molar-refractivity contribution in [3.63, 3.8) is 0 Å². The highest BCUT2D eigenvalue weighted by Crippen LogP contribution is 2.16. The molecule has 0 radical (unpaired) electrons. The van der Waals surface area contributed by atoms with E-state index >= 15 is 0 Å². The Morgan fingerprint density at radius 2 is 2.21 bits per heavy atom. The molecule has 1 aromatic carbocycles. The molecule has 14 heavy (non-hydrogen) atoms. The lowest BCUT2D eigenvalue weighted by Gasteiger charge is -1.98. The maximum absolute atomic E-state index is 11.4. The van der Waals surface area contributed by atoms with Gasteiger partial charge in [-0.1, -0.05) is 11.6 Å². The number of rotatable bonds is 2. The van der Waals surface area contributed by atoms with Crippen LogP contribution in [0.3, 0.4) is 0 Å². The molecule has 2 aromatic rings. The van der Waals surface area contributed by atoms with Gasteiger partial charge in [-0.05, 0) is 18.2 Å².